The summed E-state index contributed by atoms with van der Waals surface area (Å²) in [5.41, 5.74) is 0. The number of aromatic nitrogens is 1. The van der Waals surface area contributed by atoms with Crippen LogP contribution in [0.1, 0.15) is 110 Å². The van der Waals surface area contributed by atoms with Crippen LogP contribution in [0.15, 0.2) is 29.4 Å². The van der Waals surface area contributed by atoms with Crippen molar-refractivity contribution >= 4 is 33.4 Å². The summed E-state index contributed by atoms with van der Waals surface area (Å²) in [4.78, 5) is 28.0. The molecule has 1 aromatic rings. The summed E-state index contributed by atoms with van der Waals surface area (Å²) in [6.07, 6.45) is 21.4. The van der Waals surface area contributed by atoms with E-state index in [4.69, 9.17) is 4.74 Å². The minimum atomic E-state index is 0.0270. The van der Waals surface area contributed by atoms with Crippen LogP contribution in [0.4, 0.5) is 0 Å². The molecule has 0 fully saturated rings. The summed E-state index contributed by atoms with van der Waals surface area (Å²) in [5.74, 6) is 0.871. The van der Waals surface area contributed by atoms with Gasteiger partial charge in [-0.1, -0.05) is 107 Å². The highest BCUT2D eigenvalue weighted by Gasteiger charge is 2.03. The molecular weight excluding hydrogens is 502 g/mol. The Bertz CT molecular complexity index is 665. The average molecular weight is 554 g/mol. The van der Waals surface area contributed by atoms with E-state index >= 15 is 0 Å². The Morgan fingerprint density at radius 2 is 1.30 bits per heavy atom. The highest BCUT2D eigenvalue weighted by atomic mass is 33.1. The molecule has 8 heteroatoms. The molecule has 37 heavy (non-hydrogen) atoms. The Hall–Kier alpha value is -1.25. The first kappa shape index (κ1) is 33.8. The Balaban J connectivity index is 1.76. The fraction of sp³-hybridized carbons (Fsp3) is 0.759. The van der Waals surface area contributed by atoms with Crippen LogP contribution in [-0.2, 0) is 14.3 Å². The predicted molar refractivity (Wildman–Crippen MR) is 159 cm³/mol. The van der Waals surface area contributed by atoms with E-state index in [1.54, 1.807) is 27.8 Å². The SMILES string of the molecule is CCCCCCCCCCCCCCCCC(=O)NCCOCCNC(=O)CCSSc1ccccn1. The van der Waals surface area contributed by atoms with Gasteiger partial charge in [-0.3, -0.25) is 9.59 Å². The zero-order valence-electron chi connectivity index (χ0n) is 23.1. The van der Waals surface area contributed by atoms with E-state index in [2.05, 4.69) is 22.5 Å². The molecule has 0 aromatic carbocycles. The number of hydrogen-bond acceptors (Lipinski definition) is 6. The second kappa shape index (κ2) is 26.4. The summed E-state index contributed by atoms with van der Waals surface area (Å²) in [6.45, 7) is 4.21. The predicted octanol–water partition coefficient (Wildman–Crippen LogP) is 7.33. The molecule has 1 rings (SSSR count). The number of carbonyl (C=O) groups is 2. The first-order valence-corrected chi connectivity index (χ1v) is 16.9. The molecule has 0 saturated carbocycles. The molecule has 1 heterocycles. The van der Waals surface area contributed by atoms with E-state index in [1.807, 2.05) is 18.2 Å². The van der Waals surface area contributed by atoms with Gasteiger partial charge in [-0.25, -0.2) is 4.98 Å². The topological polar surface area (TPSA) is 80.3 Å². The fourth-order valence-electron chi connectivity index (χ4n) is 3.92. The van der Waals surface area contributed by atoms with Crippen molar-refractivity contribution in [1.82, 2.24) is 15.6 Å². The number of pyridine rings is 1. The molecule has 0 radical (unpaired) electrons. The third-order valence-corrected chi connectivity index (χ3v) is 8.36. The van der Waals surface area contributed by atoms with Crippen molar-refractivity contribution in [3.05, 3.63) is 24.4 Å². The van der Waals surface area contributed by atoms with Crippen molar-refractivity contribution in [2.45, 2.75) is 115 Å². The maximum atomic E-state index is 11.9. The molecule has 0 atom stereocenters. The summed E-state index contributed by atoms with van der Waals surface area (Å²) in [6, 6.07) is 5.80. The van der Waals surface area contributed by atoms with E-state index in [1.165, 1.54) is 77.0 Å². The number of ether oxygens (including phenoxy) is 1. The van der Waals surface area contributed by atoms with Crippen LogP contribution < -0.4 is 10.6 Å². The summed E-state index contributed by atoms with van der Waals surface area (Å²) in [5, 5.41) is 6.73. The van der Waals surface area contributed by atoms with Gasteiger partial charge in [-0.15, -0.1) is 0 Å². The van der Waals surface area contributed by atoms with Gasteiger partial charge in [0.05, 0.1) is 13.2 Å². The Morgan fingerprint density at radius 1 is 0.757 bits per heavy atom. The van der Waals surface area contributed by atoms with Crippen LogP contribution in [0, 0.1) is 0 Å². The third kappa shape index (κ3) is 23.6. The van der Waals surface area contributed by atoms with Crippen molar-refractivity contribution in [2.24, 2.45) is 0 Å². The summed E-state index contributed by atoms with van der Waals surface area (Å²) in [7, 11) is 3.21. The zero-order valence-corrected chi connectivity index (χ0v) is 24.8. The minimum absolute atomic E-state index is 0.0270. The number of unbranched alkanes of at least 4 members (excludes halogenated alkanes) is 13. The van der Waals surface area contributed by atoms with Gasteiger partial charge in [0.25, 0.3) is 0 Å². The van der Waals surface area contributed by atoms with Gasteiger partial charge in [0, 0.05) is 37.9 Å². The van der Waals surface area contributed by atoms with Crippen LogP contribution >= 0.6 is 21.6 Å². The van der Waals surface area contributed by atoms with Crippen molar-refractivity contribution in [2.75, 3.05) is 32.1 Å². The lowest BCUT2D eigenvalue weighted by Gasteiger charge is -2.08. The smallest absolute Gasteiger partial charge is 0.220 e. The normalized spacial score (nSPS) is 10.9. The lowest BCUT2D eigenvalue weighted by Crippen LogP contribution is -2.30. The van der Waals surface area contributed by atoms with E-state index < -0.39 is 0 Å². The van der Waals surface area contributed by atoms with Crippen molar-refractivity contribution in [3.63, 3.8) is 0 Å². The molecule has 0 saturated heterocycles. The number of hydrogen-bond donors (Lipinski definition) is 2. The number of nitrogens with zero attached hydrogens (tertiary/aromatic N) is 1. The Labute approximate surface area is 234 Å². The van der Waals surface area contributed by atoms with Crippen LogP contribution in [0.25, 0.3) is 0 Å². The Kier molecular flexibility index (Phi) is 24.1. The minimum Gasteiger partial charge on any atom is -0.378 e. The van der Waals surface area contributed by atoms with Gasteiger partial charge in [-0.2, -0.15) is 0 Å². The fourth-order valence-corrected chi connectivity index (χ4v) is 5.79. The molecule has 2 amide bonds. The summed E-state index contributed by atoms with van der Waals surface area (Å²) < 4.78 is 5.50. The number of rotatable bonds is 26. The maximum Gasteiger partial charge on any atom is 0.220 e. The van der Waals surface area contributed by atoms with Gasteiger partial charge in [0.2, 0.25) is 11.8 Å². The molecule has 0 bridgehead atoms. The zero-order chi connectivity index (χ0) is 26.7. The highest BCUT2D eigenvalue weighted by Crippen LogP contribution is 2.29. The quantitative estimate of drug-likeness (QED) is 0.0923. The highest BCUT2D eigenvalue weighted by molar-refractivity contribution is 8.76. The molecule has 1 aromatic heterocycles. The third-order valence-electron chi connectivity index (χ3n) is 6.09. The largest absolute Gasteiger partial charge is 0.378 e. The van der Waals surface area contributed by atoms with Crippen molar-refractivity contribution in [1.29, 1.82) is 0 Å². The van der Waals surface area contributed by atoms with Crippen LogP contribution in [-0.4, -0.2) is 48.9 Å². The molecule has 212 valence electrons. The van der Waals surface area contributed by atoms with E-state index in [9.17, 15) is 9.59 Å². The van der Waals surface area contributed by atoms with Crippen LogP contribution in [0.3, 0.4) is 0 Å². The lowest BCUT2D eigenvalue weighted by atomic mass is 10.0. The standard InChI is InChI=1S/C29H51N3O3S2/c1-2-3-4-5-6-7-8-9-10-11-12-13-14-15-18-27(33)30-22-24-35-25-23-31-28(34)20-26-36-37-29-19-16-17-21-32-29/h16-17,19,21H,2-15,18,20,22-26H2,1H3,(H,30,33)(H,31,34). The molecular formula is C29H51N3O3S2. The lowest BCUT2D eigenvalue weighted by molar-refractivity contribution is -0.121. The first-order valence-electron chi connectivity index (χ1n) is 14.5. The molecule has 0 unspecified atom stereocenters. The van der Waals surface area contributed by atoms with Gasteiger partial charge < -0.3 is 15.4 Å². The molecule has 0 aliphatic heterocycles. The average Bonchev–Trinajstić information content (AvgIpc) is 2.91. The van der Waals surface area contributed by atoms with Crippen molar-refractivity contribution in [3.8, 4) is 0 Å². The van der Waals surface area contributed by atoms with E-state index in [-0.39, 0.29) is 11.8 Å². The van der Waals surface area contributed by atoms with E-state index in [0.717, 1.165) is 23.6 Å². The second-order valence-electron chi connectivity index (χ2n) is 9.48. The van der Waals surface area contributed by atoms with Crippen molar-refractivity contribution < 1.29 is 14.3 Å². The molecule has 0 spiro atoms. The van der Waals surface area contributed by atoms with Crippen LogP contribution in [0.5, 0.6) is 0 Å². The molecule has 6 nitrogen and oxygen atoms in total. The first-order chi connectivity index (χ1) is 18.2. The van der Waals surface area contributed by atoms with Gasteiger partial charge in [0.1, 0.15) is 5.03 Å². The number of amides is 2. The van der Waals surface area contributed by atoms with Crippen LogP contribution in [0.2, 0.25) is 0 Å². The molecule has 0 aliphatic rings. The van der Waals surface area contributed by atoms with Gasteiger partial charge >= 0.3 is 0 Å². The van der Waals surface area contributed by atoms with Gasteiger partial charge in [0.15, 0.2) is 0 Å². The second-order valence-corrected chi connectivity index (χ2v) is 11.9. The summed E-state index contributed by atoms with van der Waals surface area (Å²) >= 11 is 0. The van der Waals surface area contributed by atoms with E-state index in [0.29, 0.717) is 39.1 Å². The molecule has 2 N–H and O–H groups in total. The number of nitrogens with one attached hydrogen (secondary N) is 2. The monoisotopic (exact) mass is 553 g/mol. The number of carbonyl (C=O) groups excluding carboxylic acids is 2. The van der Waals surface area contributed by atoms with Gasteiger partial charge in [-0.05, 0) is 29.3 Å². The maximum absolute atomic E-state index is 11.9. The molecule has 0 aliphatic carbocycles. The Morgan fingerprint density at radius 3 is 1.84 bits per heavy atom.